The number of rotatable bonds is 6. The number of benzene rings is 1. The van der Waals surface area contributed by atoms with E-state index in [2.05, 4.69) is 74.7 Å². The van der Waals surface area contributed by atoms with Gasteiger partial charge in [-0.15, -0.1) is 0 Å². The zero-order valence-corrected chi connectivity index (χ0v) is 13.2. The molecule has 98 valence electrons. The highest BCUT2D eigenvalue weighted by atomic mass is 28.3. The molecule has 0 aliphatic heterocycles. The standard InChI is InChI=1S/C17H26Si/c1-5-6-10-17(13-14-18(2,3)4)15-16-11-8-7-9-12-16/h7-9,11-15H,5-6,10H2,1-4H3/b14-13+,17-15+. The van der Waals surface area contributed by atoms with Gasteiger partial charge >= 0.3 is 0 Å². The molecule has 18 heavy (non-hydrogen) atoms. The summed E-state index contributed by atoms with van der Waals surface area (Å²) in [5, 5.41) is 0. The molecule has 1 heteroatoms. The Morgan fingerprint density at radius 1 is 1.11 bits per heavy atom. The van der Waals surface area contributed by atoms with Crippen molar-refractivity contribution < 1.29 is 0 Å². The van der Waals surface area contributed by atoms with Gasteiger partial charge in [-0.05, 0) is 24.0 Å². The molecule has 1 aromatic carbocycles. The Kier molecular flexibility index (Phi) is 6.13. The Balaban J connectivity index is 2.84. The lowest BCUT2D eigenvalue weighted by atomic mass is 10.1. The molecule has 0 nitrogen and oxygen atoms in total. The van der Waals surface area contributed by atoms with Crippen molar-refractivity contribution in [3.8, 4) is 0 Å². The fourth-order valence-corrected chi connectivity index (χ4v) is 2.42. The highest BCUT2D eigenvalue weighted by molar-refractivity contribution is 6.81. The molecule has 0 unspecified atom stereocenters. The lowest BCUT2D eigenvalue weighted by Crippen LogP contribution is -2.15. The van der Waals surface area contributed by atoms with E-state index in [0.717, 1.165) is 0 Å². The van der Waals surface area contributed by atoms with Gasteiger partial charge in [-0.25, -0.2) is 0 Å². The predicted molar refractivity (Wildman–Crippen MR) is 86.4 cm³/mol. The van der Waals surface area contributed by atoms with Gasteiger partial charge in [0.2, 0.25) is 0 Å². The van der Waals surface area contributed by atoms with Crippen LogP contribution in [0, 0.1) is 0 Å². The minimum atomic E-state index is -1.10. The molecule has 0 aromatic heterocycles. The molecule has 0 heterocycles. The summed E-state index contributed by atoms with van der Waals surface area (Å²) in [5.74, 6) is 0. The maximum atomic E-state index is 2.44. The maximum absolute atomic E-state index is 2.44. The largest absolute Gasteiger partial charge is 0.0947 e. The van der Waals surface area contributed by atoms with E-state index in [1.807, 2.05) is 0 Å². The maximum Gasteiger partial charge on any atom is 0.0687 e. The minimum absolute atomic E-state index is 1.10. The first-order valence-corrected chi connectivity index (χ1v) is 10.5. The lowest BCUT2D eigenvalue weighted by molar-refractivity contribution is 0.800. The van der Waals surface area contributed by atoms with E-state index >= 15 is 0 Å². The van der Waals surface area contributed by atoms with Crippen molar-refractivity contribution in [2.75, 3.05) is 0 Å². The van der Waals surface area contributed by atoms with Crippen molar-refractivity contribution in [3.05, 3.63) is 53.2 Å². The summed E-state index contributed by atoms with van der Waals surface area (Å²) in [6.07, 6.45) is 8.40. The van der Waals surface area contributed by atoms with Crippen LogP contribution in [0.4, 0.5) is 0 Å². The van der Waals surface area contributed by atoms with E-state index in [4.69, 9.17) is 0 Å². The molecular formula is C17H26Si. The highest BCUT2D eigenvalue weighted by Crippen LogP contribution is 2.16. The van der Waals surface area contributed by atoms with Crippen LogP contribution in [0.3, 0.4) is 0 Å². The third-order valence-corrected chi connectivity index (χ3v) is 3.93. The minimum Gasteiger partial charge on any atom is -0.0947 e. The zero-order chi connectivity index (χ0) is 13.4. The first-order valence-electron chi connectivity index (χ1n) is 6.96. The first-order chi connectivity index (χ1) is 8.51. The van der Waals surface area contributed by atoms with Gasteiger partial charge < -0.3 is 0 Å². The fourth-order valence-electron chi connectivity index (χ4n) is 1.70. The van der Waals surface area contributed by atoms with Crippen molar-refractivity contribution >= 4 is 14.1 Å². The van der Waals surface area contributed by atoms with Crippen LogP contribution >= 0.6 is 0 Å². The quantitative estimate of drug-likeness (QED) is 0.454. The number of allylic oxidation sites excluding steroid dienone is 2. The third-order valence-electron chi connectivity index (χ3n) is 2.77. The molecule has 0 atom stereocenters. The number of hydrogen-bond acceptors (Lipinski definition) is 0. The van der Waals surface area contributed by atoms with Crippen LogP contribution in [0.25, 0.3) is 6.08 Å². The Bertz CT molecular complexity index is 393. The van der Waals surface area contributed by atoms with Crippen molar-refractivity contribution in [3.63, 3.8) is 0 Å². The Morgan fingerprint density at radius 3 is 2.33 bits per heavy atom. The molecule has 0 saturated heterocycles. The Hall–Kier alpha value is -1.08. The summed E-state index contributed by atoms with van der Waals surface area (Å²) < 4.78 is 0. The van der Waals surface area contributed by atoms with Crippen LogP contribution in [0.15, 0.2) is 47.7 Å². The van der Waals surface area contributed by atoms with Crippen LogP contribution in [0.5, 0.6) is 0 Å². The van der Waals surface area contributed by atoms with Crippen LogP contribution in [-0.4, -0.2) is 8.07 Å². The smallest absolute Gasteiger partial charge is 0.0687 e. The van der Waals surface area contributed by atoms with Crippen LogP contribution < -0.4 is 0 Å². The van der Waals surface area contributed by atoms with Gasteiger partial charge in [0.25, 0.3) is 0 Å². The van der Waals surface area contributed by atoms with Crippen molar-refractivity contribution in [1.29, 1.82) is 0 Å². The SMILES string of the molecule is CCCCC(/C=C/[Si](C)(C)C)=C\c1ccccc1. The van der Waals surface area contributed by atoms with E-state index in [0.29, 0.717) is 0 Å². The Labute approximate surface area is 113 Å². The molecule has 0 radical (unpaired) electrons. The molecule has 1 rings (SSSR count). The van der Waals surface area contributed by atoms with Crippen molar-refractivity contribution in [2.45, 2.75) is 45.8 Å². The summed E-state index contributed by atoms with van der Waals surface area (Å²) >= 11 is 0. The van der Waals surface area contributed by atoms with E-state index < -0.39 is 8.07 Å². The second kappa shape index (κ2) is 7.37. The van der Waals surface area contributed by atoms with Crippen molar-refractivity contribution in [2.24, 2.45) is 0 Å². The molecular weight excluding hydrogens is 232 g/mol. The van der Waals surface area contributed by atoms with E-state index in [1.54, 1.807) is 0 Å². The fraction of sp³-hybridized carbons (Fsp3) is 0.412. The average molecular weight is 258 g/mol. The van der Waals surface area contributed by atoms with E-state index in [9.17, 15) is 0 Å². The molecule has 0 amide bonds. The summed E-state index contributed by atoms with van der Waals surface area (Å²) in [6, 6.07) is 10.6. The predicted octanol–water partition coefficient (Wildman–Crippen LogP) is 5.69. The van der Waals surface area contributed by atoms with Gasteiger partial charge in [0, 0.05) is 0 Å². The summed E-state index contributed by atoms with van der Waals surface area (Å²) in [7, 11) is -1.10. The van der Waals surface area contributed by atoms with Crippen LogP contribution in [-0.2, 0) is 0 Å². The molecule has 0 bridgehead atoms. The van der Waals surface area contributed by atoms with Gasteiger partial charge in [0.15, 0.2) is 0 Å². The van der Waals surface area contributed by atoms with Gasteiger partial charge in [-0.3, -0.25) is 0 Å². The molecule has 0 N–H and O–H groups in total. The van der Waals surface area contributed by atoms with Crippen LogP contribution in [0.1, 0.15) is 31.7 Å². The van der Waals surface area contributed by atoms with Gasteiger partial charge in [0.05, 0.1) is 8.07 Å². The van der Waals surface area contributed by atoms with Gasteiger partial charge in [-0.1, -0.05) is 81.2 Å². The molecule has 1 aromatic rings. The second-order valence-electron chi connectivity index (χ2n) is 5.93. The summed E-state index contributed by atoms with van der Waals surface area (Å²) in [6.45, 7) is 9.39. The van der Waals surface area contributed by atoms with E-state index in [1.165, 1.54) is 30.4 Å². The lowest BCUT2D eigenvalue weighted by Gasteiger charge is -2.09. The van der Waals surface area contributed by atoms with Gasteiger partial charge in [-0.2, -0.15) is 0 Å². The number of unbranched alkanes of at least 4 members (excludes halogenated alkanes) is 1. The van der Waals surface area contributed by atoms with Crippen molar-refractivity contribution in [1.82, 2.24) is 0 Å². The molecule has 0 aliphatic carbocycles. The Morgan fingerprint density at radius 2 is 1.78 bits per heavy atom. The van der Waals surface area contributed by atoms with E-state index in [-0.39, 0.29) is 0 Å². The molecule has 0 fully saturated rings. The summed E-state index contributed by atoms with van der Waals surface area (Å²) in [4.78, 5) is 0. The van der Waals surface area contributed by atoms with Crippen LogP contribution in [0.2, 0.25) is 19.6 Å². The first kappa shape index (κ1) is 15.0. The summed E-state index contributed by atoms with van der Waals surface area (Å²) in [5.41, 5.74) is 5.21. The zero-order valence-electron chi connectivity index (χ0n) is 12.2. The molecule has 0 aliphatic rings. The molecule has 0 saturated carbocycles. The normalized spacial score (nSPS) is 13.2. The monoisotopic (exact) mass is 258 g/mol. The third kappa shape index (κ3) is 6.60. The second-order valence-corrected chi connectivity index (χ2v) is 11.0. The van der Waals surface area contributed by atoms with Gasteiger partial charge in [0.1, 0.15) is 0 Å². The topological polar surface area (TPSA) is 0 Å². The molecule has 0 spiro atoms. The average Bonchev–Trinajstić information content (AvgIpc) is 2.33. The number of hydrogen-bond donors (Lipinski definition) is 0. The highest BCUT2D eigenvalue weighted by Gasteiger charge is 2.07.